The van der Waals surface area contributed by atoms with E-state index in [0.717, 1.165) is 0 Å². The molecule has 1 aliphatic rings. The molecule has 0 spiro atoms. The molecule has 0 saturated carbocycles. The third kappa shape index (κ3) is 4.17. The van der Waals surface area contributed by atoms with E-state index >= 15 is 0 Å². The summed E-state index contributed by atoms with van der Waals surface area (Å²) in [4.78, 5) is 14.4. The van der Waals surface area contributed by atoms with Gasteiger partial charge in [-0.05, 0) is 32.0 Å². The average Bonchev–Trinajstić information content (AvgIpc) is 2.45. The second-order valence-corrected chi connectivity index (χ2v) is 5.50. The highest BCUT2D eigenvalue weighted by molar-refractivity contribution is 5.94. The van der Waals surface area contributed by atoms with E-state index in [2.05, 4.69) is 5.32 Å². The van der Waals surface area contributed by atoms with Crippen molar-refractivity contribution in [1.29, 1.82) is 0 Å². The molecular weight excluding hydrogens is 270 g/mol. The molecule has 2 rings (SSSR count). The van der Waals surface area contributed by atoms with E-state index in [1.54, 1.807) is 24.3 Å². The van der Waals surface area contributed by atoms with Crippen molar-refractivity contribution in [2.75, 3.05) is 30.7 Å². The topological polar surface area (TPSA) is 87.8 Å². The first-order valence-corrected chi connectivity index (χ1v) is 7.16. The van der Waals surface area contributed by atoms with Crippen molar-refractivity contribution in [2.24, 2.45) is 0 Å². The Morgan fingerprint density at radius 3 is 3.00 bits per heavy atom. The minimum absolute atomic E-state index is 0.00137. The van der Waals surface area contributed by atoms with Crippen LogP contribution >= 0.6 is 0 Å². The zero-order valence-electron chi connectivity index (χ0n) is 12.5. The molecule has 116 valence electrons. The highest BCUT2D eigenvalue weighted by Gasteiger charge is 2.30. The van der Waals surface area contributed by atoms with Crippen molar-refractivity contribution in [3.63, 3.8) is 0 Å². The minimum atomic E-state index is -0.299. The summed E-state index contributed by atoms with van der Waals surface area (Å²) in [6.07, 6.45) is -0.241. The zero-order chi connectivity index (χ0) is 15.4. The molecule has 3 unspecified atom stereocenters. The molecule has 0 radical (unpaired) electrons. The summed E-state index contributed by atoms with van der Waals surface area (Å²) in [5, 5.41) is 12.1. The second-order valence-electron chi connectivity index (χ2n) is 5.50. The number of nitrogens with zero attached hydrogens (tertiary/aromatic N) is 1. The van der Waals surface area contributed by atoms with Crippen molar-refractivity contribution >= 4 is 17.3 Å². The number of nitrogens with two attached hydrogens (primary N) is 1. The van der Waals surface area contributed by atoms with Crippen molar-refractivity contribution < 1.29 is 14.6 Å². The highest BCUT2D eigenvalue weighted by Crippen LogP contribution is 2.16. The predicted octanol–water partition coefficient (Wildman–Crippen LogP) is 0.677. The first-order chi connectivity index (χ1) is 9.99. The summed E-state index contributed by atoms with van der Waals surface area (Å²) in [6, 6.07) is 6.80. The average molecular weight is 293 g/mol. The smallest absolute Gasteiger partial charge is 0.241 e. The molecule has 6 nitrogen and oxygen atoms in total. The number of carbonyl (C=O) groups is 1. The molecule has 6 heteroatoms. The summed E-state index contributed by atoms with van der Waals surface area (Å²) < 4.78 is 5.59. The van der Waals surface area contributed by atoms with Crippen molar-refractivity contribution in [3.8, 4) is 0 Å². The van der Waals surface area contributed by atoms with Crippen LogP contribution in [0.15, 0.2) is 24.3 Å². The molecule has 3 atom stereocenters. The standard InChI is InChI=1S/C15H23N3O3/c1-10-7-18(8-14(9-19)21-10)11(2)15(20)17-13-5-3-4-12(16)6-13/h3-6,10-11,14,19H,7-9,16H2,1-2H3,(H,17,20). The normalized spacial score (nSPS) is 24.5. The van der Waals surface area contributed by atoms with E-state index in [9.17, 15) is 9.90 Å². The van der Waals surface area contributed by atoms with E-state index in [1.807, 2.05) is 18.7 Å². The fraction of sp³-hybridized carbons (Fsp3) is 0.533. The Bertz CT molecular complexity index is 495. The number of aliphatic hydroxyl groups is 1. The van der Waals surface area contributed by atoms with Gasteiger partial charge in [-0.3, -0.25) is 9.69 Å². The Balaban J connectivity index is 1.98. The number of nitrogens with one attached hydrogen (secondary N) is 1. The van der Waals surface area contributed by atoms with Crippen LogP contribution in [0.4, 0.5) is 11.4 Å². The molecule has 4 N–H and O–H groups in total. The molecule has 0 bridgehead atoms. The van der Waals surface area contributed by atoms with E-state index < -0.39 is 0 Å². The number of rotatable bonds is 4. The maximum Gasteiger partial charge on any atom is 0.241 e. The van der Waals surface area contributed by atoms with Gasteiger partial charge in [-0.25, -0.2) is 0 Å². The number of aliphatic hydroxyl groups excluding tert-OH is 1. The first-order valence-electron chi connectivity index (χ1n) is 7.16. The number of anilines is 2. The number of hydrogen-bond donors (Lipinski definition) is 3. The summed E-state index contributed by atoms with van der Waals surface area (Å²) in [7, 11) is 0. The fourth-order valence-corrected chi connectivity index (χ4v) is 2.53. The van der Waals surface area contributed by atoms with Crippen LogP contribution in [-0.2, 0) is 9.53 Å². The van der Waals surface area contributed by atoms with Crippen LogP contribution in [0.2, 0.25) is 0 Å². The maximum atomic E-state index is 12.3. The van der Waals surface area contributed by atoms with E-state index in [0.29, 0.717) is 24.5 Å². The summed E-state index contributed by atoms with van der Waals surface area (Å²) >= 11 is 0. The lowest BCUT2D eigenvalue weighted by Gasteiger charge is -2.38. The van der Waals surface area contributed by atoms with Crippen molar-refractivity contribution in [2.45, 2.75) is 32.1 Å². The van der Waals surface area contributed by atoms with Crippen molar-refractivity contribution in [3.05, 3.63) is 24.3 Å². The van der Waals surface area contributed by atoms with E-state index in [-0.39, 0.29) is 30.8 Å². The van der Waals surface area contributed by atoms with Gasteiger partial charge in [0, 0.05) is 24.5 Å². The minimum Gasteiger partial charge on any atom is -0.399 e. The quantitative estimate of drug-likeness (QED) is 0.711. The van der Waals surface area contributed by atoms with Gasteiger partial charge >= 0.3 is 0 Å². The molecule has 1 saturated heterocycles. The van der Waals surface area contributed by atoms with Crippen LogP contribution in [0.1, 0.15) is 13.8 Å². The molecule has 1 fully saturated rings. The summed E-state index contributed by atoms with van der Waals surface area (Å²) in [5.41, 5.74) is 7.00. The molecule has 0 aliphatic carbocycles. The van der Waals surface area contributed by atoms with Gasteiger partial charge in [-0.2, -0.15) is 0 Å². The number of benzene rings is 1. The van der Waals surface area contributed by atoms with E-state index in [4.69, 9.17) is 10.5 Å². The van der Waals surface area contributed by atoms with Gasteiger partial charge in [0.25, 0.3) is 0 Å². The Labute approximate surface area is 124 Å². The van der Waals surface area contributed by atoms with Gasteiger partial charge in [0.15, 0.2) is 0 Å². The van der Waals surface area contributed by atoms with Gasteiger partial charge in [0.05, 0.1) is 24.9 Å². The van der Waals surface area contributed by atoms with Gasteiger partial charge in [-0.1, -0.05) is 6.07 Å². The Kier molecular flexibility index (Phi) is 5.17. The summed E-state index contributed by atoms with van der Waals surface area (Å²) in [5.74, 6) is -0.0913. The lowest BCUT2D eigenvalue weighted by molar-refractivity contribution is -0.131. The Hall–Kier alpha value is -1.63. The molecule has 1 aromatic rings. The van der Waals surface area contributed by atoms with Crippen LogP contribution < -0.4 is 11.1 Å². The number of nitrogen functional groups attached to an aromatic ring is 1. The van der Waals surface area contributed by atoms with Crippen LogP contribution in [-0.4, -0.2) is 53.9 Å². The first kappa shape index (κ1) is 15.8. The lowest BCUT2D eigenvalue weighted by atomic mass is 10.1. The highest BCUT2D eigenvalue weighted by atomic mass is 16.5. The van der Waals surface area contributed by atoms with Crippen LogP contribution in [0.5, 0.6) is 0 Å². The molecule has 1 heterocycles. The van der Waals surface area contributed by atoms with Gasteiger partial charge < -0.3 is 20.9 Å². The predicted molar refractivity (Wildman–Crippen MR) is 81.9 cm³/mol. The largest absolute Gasteiger partial charge is 0.399 e. The third-order valence-electron chi connectivity index (χ3n) is 3.64. The number of hydrogen-bond acceptors (Lipinski definition) is 5. The number of morpholine rings is 1. The van der Waals surface area contributed by atoms with E-state index in [1.165, 1.54) is 0 Å². The van der Waals surface area contributed by atoms with Gasteiger partial charge in [0.1, 0.15) is 0 Å². The number of carbonyl (C=O) groups excluding carboxylic acids is 1. The third-order valence-corrected chi connectivity index (χ3v) is 3.64. The summed E-state index contributed by atoms with van der Waals surface area (Å²) in [6.45, 7) is 4.98. The molecule has 1 aliphatic heterocycles. The van der Waals surface area contributed by atoms with Crippen LogP contribution in [0.3, 0.4) is 0 Å². The Morgan fingerprint density at radius 2 is 2.33 bits per heavy atom. The molecule has 1 aromatic carbocycles. The van der Waals surface area contributed by atoms with Gasteiger partial charge in [-0.15, -0.1) is 0 Å². The van der Waals surface area contributed by atoms with Crippen LogP contribution in [0.25, 0.3) is 0 Å². The maximum absolute atomic E-state index is 12.3. The number of amides is 1. The molecular formula is C15H23N3O3. The fourth-order valence-electron chi connectivity index (χ4n) is 2.53. The molecule has 21 heavy (non-hydrogen) atoms. The van der Waals surface area contributed by atoms with Gasteiger partial charge in [0.2, 0.25) is 5.91 Å². The molecule has 0 aromatic heterocycles. The molecule has 1 amide bonds. The number of ether oxygens (including phenoxy) is 1. The Morgan fingerprint density at radius 1 is 1.57 bits per heavy atom. The van der Waals surface area contributed by atoms with Crippen molar-refractivity contribution in [1.82, 2.24) is 4.90 Å². The van der Waals surface area contributed by atoms with Crippen LogP contribution in [0, 0.1) is 0 Å². The lowest BCUT2D eigenvalue weighted by Crippen LogP contribution is -2.54. The second kappa shape index (κ2) is 6.89. The monoisotopic (exact) mass is 293 g/mol. The zero-order valence-corrected chi connectivity index (χ0v) is 12.5. The SMILES string of the molecule is CC1CN(C(C)C(=O)Nc2cccc(N)c2)CC(CO)O1.